The molecular weight excluding hydrogens is 877 g/mol. The molecule has 0 amide bonds. The van der Waals surface area contributed by atoms with Crippen LogP contribution < -0.4 is 23.7 Å². The lowest BCUT2D eigenvalue weighted by Gasteiger charge is -2.13. The number of hydrogen-bond donors (Lipinski definition) is 0. The Morgan fingerprint density at radius 1 is 0.406 bits per heavy atom. The predicted octanol–water partition coefficient (Wildman–Crippen LogP) is 13.1. The molecule has 0 aliphatic carbocycles. The lowest BCUT2D eigenvalue weighted by atomic mass is 10.1. The van der Waals surface area contributed by atoms with Crippen molar-refractivity contribution < 1.29 is 57.1 Å². The number of carbonyl (C=O) groups excluding carboxylic acids is 4. The van der Waals surface area contributed by atoms with E-state index in [0.29, 0.717) is 63.3 Å². The van der Waals surface area contributed by atoms with E-state index in [4.69, 9.17) is 37.9 Å². The van der Waals surface area contributed by atoms with Crippen LogP contribution in [0.4, 0.5) is 0 Å². The van der Waals surface area contributed by atoms with Gasteiger partial charge in [-0.25, -0.2) is 19.2 Å². The first-order chi connectivity index (χ1) is 33.8. The average Bonchev–Trinajstić information content (AvgIpc) is 3.37. The first-order valence-electron chi connectivity index (χ1n) is 24.7. The van der Waals surface area contributed by atoms with E-state index in [1.165, 1.54) is 12.1 Å². The maximum Gasteiger partial charge on any atom is 0.343 e. The van der Waals surface area contributed by atoms with Gasteiger partial charge in [-0.2, -0.15) is 0 Å². The molecule has 372 valence electrons. The van der Waals surface area contributed by atoms with E-state index in [2.05, 4.69) is 44.3 Å². The molecule has 0 atom stereocenters. The zero-order valence-electron chi connectivity index (χ0n) is 40.6. The van der Waals surface area contributed by atoms with Crippen molar-refractivity contribution in [2.24, 2.45) is 0 Å². The Balaban J connectivity index is 1.15. The Labute approximate surface area is 409 Å². The van der Waals surface area contributed by atoms with Crippen LogP contribution in [0.1, 0.15) is 137 Å². The highest BCUT2D eigenvalue weighted by atomic mass is 16.5. The van der Waals surface area contributed by atoms with E-state index < -0.39 is 17.9 Å². The van der Waals surface area contributed by atoms with Crippen LogP contribution in [0.3, 0.4) is 0 Å². The summed E-state index contributed by atoms with van der Waals surface area (Å²) in [7, 11) is 0. The first kappa shape index (κ1) is 55.0. The molecule has 0 spiro atoms. The van der Waals surface area contributed by atoms with Crippen molar-refractivity contribution in [1.29, 1.82) is 0 Å². The highest BCUT2D eigenvalue weighted by Crippen LogP contribution is 2.28. The van der Waals surface area contributed by atoms with Crippen LogP contribution in [0.25, 0.3) is 11.1 Å². The number of esters is 4. The third kappa shape index (κ3) is 22.9. The highest BCUT2D eigenvalue weighted by Gasteiger charge is 2.18. The largest absolute Gasteiger partial charge is 0.494 e. The van der Waals surface area contributed by atoms with E-state index in [9.17, 15) is 19.2 Å². The number of benzene rings is 4. The number of carbonyl (C=O) groups is 4. The first-order valence-corrected chi connectivity index (χ1v) is 24.7. The molecule has 0 fully saturated rings. The summed E-state index contributed by atoms with van der Waals surface area (Å²) >= 11 is 0. The van der Waals surface area contributed by atoms with Gasteiger partial charge in [0.2, 0.25) is 0 Å². The molecule has 0 unspecified atom stereocenters. The summed E-state index contributed by atoms with van der Waals surface area (Å²) in [6, 6.07) is 27.7. The molecule has 4 aromatic rings. The summed E-state index contributed by atoms with van der Waals surface area (Å²) in [5.74, 6) is 1.00. The van der Waals surface area contributed by atoms with Crippen molar-refractivity contribution >= 4 is 23.9 Å². The second-order valence-electron chi connectivity index (χ2n) is 16.6. The number of ether oxygens (including phenoxy) is 8. The normalized spacial score (nSPS) is 10.7. The van der Waals surface area contributed by atoms with Gasteiger partial charge < -0.3 is 37.9 Å². The summed E-state index contributed by atoms with van der Waals surface area (Å²) in [4.78, 5) is 48.6. The van der Waals surface area contributed by atoms with Crippen molar-refractivity contribution in [3.05, 3.63) is 127 Å². The second kappa shape index (κ2) is 33.8. The van der Waals surface area contributed by atoms with E-state index in [0.717, 1.165) is 138 Å². The fraction of sp³-hybridized carbons (Fsp3) is 0.439. The molecule has 0 saturated heterocycles. The van der Waals surface area contributed by atoms with E-state index in [1.54, 1.807) is 36.4 Å². The molecular formula is C57H72O12. The third-order valence-electron chi connectivity index (χ3n) is 11.0. The second-order valence-corrected chi connectivity index (χ2v) is 16.6. The zero-order chi connectivity index (χ0) is 49.2. The maximum atomic E-state index is 13.3. The quantitative estimate of drug-likeness (QED) is 0.0140. The molecule has 0 aliphatic rings. The van der Waals surface area contributed by atoms with Crippen molar-refractivity contribution in [2.45, 2.75) is 116 Å². The van der Waals surface area contributed by atoms with Crippen LogP contribution in [0.15, 0.2) is 116 Å². The van der Waals surface area contributed by atoms with Crippen LogP contribution >= 0.6 is 0 Å². The van der Waals surface area contributed by atoms with E-state index in [-0.39, 0.29) is 17.3 Å². The van der Waals surface area contributed by atoms with Gasteiger partial charge in [-0.1, -0.05) is 70.0 Å². The Hall–Kier alpha value is -6.56. The molecule has 4 aromatic carbocycles. The van der Waals surface area contributed by atoms with Crippen LogP contribution in [-0.2, 0) is 23.8 Å². The third-order valence-corrected chi connectivity index (χ3v) is 11.0. The van der Waals surface area contributed by atoms with E-state index in [1.807, 2.05) is 24.3 Å². The standard InChI is InChI=1S/C57H72O12/c1-4-7-8-9-22-43-68-57(61)52-44-51(69-56(60)47-27-33-50(34-28-47)64-39-18-12-15-21-42-67-55(59)6-3)35-36-53(52)65-40-19-13-10-16-37-62-48-29-23-45(24-30-48)46-25-31-49(32-26-46)63-38-17-11-14-20-41-66-54(58)5-2/h5-6,23-36,44H,2-4,7-22,37-43H2,1H3. The summed E-state index contributed by atoms with van der Waals surface area (Å²) in [5, 5.41) is 0. The molecule has 0 bridgehead atoms. The average molecular weight is 949 g/mol. The number of rotatable bonds is 37. The molecule has 0 N–H and O–H groups in total. The fourth-order valence-corrected chi connectivity index (χ4v) is 7.04. The van der Waals surface area contributed by atoms with Gasteiger partial charge in [0.05, 0.1) is 51.8 Å². The lowest BCUT2D eigenvalue weighted by molar-refractivity contribution is -0.138. The minimum Gasteiger partial charge on any atom is -0.494 e. The fourth-order valence-electron chi connectivity index (χ4n) is 7.04. The minimum absolute atomic E-state index is 0.207. The lowest BCUT2D eigenvalue weighted by Crippen LogP contribution is -2.12. The SMILES string of the molecule is C=CC(=O)OCCCCCCOc1ccc(C(=O)Oc2ccc(OCCCCCCOc3ccc(-c4ccc(OCCCCCCOC(=O)C=C)cc4)cc3)c(C(=O)OCCCCCCC)c2)cc1. The Morgan fingerprint density at radius 3 is 1.22 bits per heavy atom. The van der Waals surface area contributed by atoms with Gasteiger partial charge in [-0.3, -0.25) is 0 Å². The molecule has 0 radical (unpaired) electrons. The van der Waals surface area contributed by atoms with Crippen molar-refractivity contribution in [1.82, 2.24) is 0 Å². The molecule has 0 heterocycles. The summed E-state index contributed by atoms with van der Waals surface area (Å²) < 4.78 is 45.2. The number of hydrogen-bond acceptors (Lipinski definition) is 12. The van der Waals surface area contributed by atoms with Gasteiger partial charge in [-0.05, 0) is 161 Å². The molecule has 0 aliphatic heterocycles. The van der Waals surface area contributed by atoms with Gasteiger partial charge >= 0.3 is 23.9 Å². The zero-order valence-corrected chi connectivity index (χ0v) is 40.6. The van der Waals surface area contributed by atoms with Gasteiger partial charge in [0.1, 0.15) is 34.3 Å². The van der Waals surface area contributed by atoms with Crippen molar-refractivity contribution in [2.75, 3.05) is 46.2 Å². The monoisotopic (exact) mass is 949 g/mol. The van der Waals surface area contributed by atoms with Gasteiger partial charge in [0.25, 0.3) is 0 Å². The van der Waals surface area contributed by atoms with Gasteiger partial charge in [0.15, 0.2) is 0 Å². The maximum absolute atomic E-state index is 13.3. The van der Waals surface area contributed by atoms with Crippen LogP contribution in [0, 0.1) is 0 Å². The van der Waals surface area contributed by atoms with Crippen LogP contribution in [0.2, 0.25) is 0 Å². The minimum atomic E-state index is -0.570. The molecule has 69 heavy (non-hydrogen) atoms. The number of unbranched alkanes of at least 4 members (excludes halogenated alkanes) is 13. The molecule has 0 aromatic heterocycles. The summed E-state index contributed by atoms with van der Waals surface area (Å²) in [6.07, 6.45) is 18.2. The van der Waals surface area contributed by atoms with Crippen LogP contribution in [0.5, 0.6) is 28.7 Å². The molecule has 12 nitrogen and oxygen atoms in total. The summed E-state index contributed by atoms with van der Waals surface area (Å²) in [5.41, 5.74) is 2.74. The molecule has 12 heteroatoms. The highest BCUT2D eigenvalue weighted by molar-refractivity contribution is 5.94. The van der Waals surface area contributed by atoms with Gasteiger partial charge in [0, 0.05) is 12.2 Å². The Morgan fingerprint density at radius 2 is 0.783 bits per heavy atom. The molecule has 0 saturated carbocycles. The van der Waals surface area contributed by atoms with Crippen molar-refractivity contribution in [3.63, 3.8) is 0 Å². The topological polar surface area (TPSA) is 142 Å². The summed E-state index contributed by atoms with van der Waals surface area (Å²) in [6.45, 7) is 12.2. The predicted molar refractivity (Wildman–Crippen MR) is 268 cm³/mol. The Kier molecular flexibility index (Phi) is 27.0. The van der Waals surface area contributed by atoms with E-state index >= 15 is 0 Å². The van der Waals surface area contributed by atoms with Crippen molar-refractivity contribution in [3.8, 4) is 39.9 Å². The van der Waals surface area contributed by atoms with Crippen LogP contribution in [-0.4, -0.2) is 70.1 Å². The van der Waals surface area contributed by atoms with Gasteiger partial charge in [-0.15, -0.1) is 0 Å². The Bertz CT molecular complexity index is 2110. The smallest absolute Gasteiger partial charge is 0.343 e. The molecule has 4 rings (SSSR count).